The standard InChI is InChI=1S/C14H18FNO2/c1-10-4-6-16(7-5-10)9-11-8-12(15)2-3-13(11)14(17)18/h2-3,8,10H,4-7,9H2,1H3,(H,17,18). The molecule has 1 fully saturated rings. The minimum atomic E-state index is -0.990. The Kier molecular flexibility index (Phi) is 3.97. The monoisotopic (exact) mass is 251 g/mol. The zero-order chi connectivity index (χ0) is 13.1. The van der Waals surface area contributed by atoms with E-state index in [1.54, 1.807) is 0 Å². The quantitative estimate of drug-likeness (QED) is 0.898. The summed E-state index contributed by atoms with van der Waals surface area (Å²) >= 11 is 0. The van der Waals surface area contributed by atoms with E-state index in [4.69, 9.17) is 5.11 Å². The van der Waals surface area contributed by atoms with E-state index in [0.717, 1.165) is 31.8 Å². The largest absolute Gasteiger partial charge is 0.478 e. The van der Waals surface area contributed by atoms with Crippen LogP contribution in [0.3, 0.4) is 0 Å². The first-order valence-electron chi connectivity index (χ1n) is 6.30. The van der Waals surface area contributed by atoms with Crippen LogP contribution in [-0.4, -0.2) is 29.1 Å². The third-order valence-electron chi connectivity index (χ3n) is 3.57. The van der Waals surface area contributed by atoms with Crippen LogP contribution in [0.2, 0.25) is 0 Å². The van der Waals surface area contributed by atoms with Gasteiger partial charge in [-0.3, -0.25) is 4.90 Å². The highest BCUT2D eigenvalue weighted by Crippen LogP contribution is 2.20. The maximum atomic E-state index is 13.2. The van der Waals surface area contributed by atoms with Gasteiger partial charge in [-0.2, -0.15) is 0 Å². The van der Waals surface area contributed by atoms with Crippen LogP contribution in [0.5, 0.6) is 0 Å². The molecule has 0 aliphatic carbocycles. The molecular weight excluding hydrogens is 233 g/mol. The summed E-state index contributed by atoms with van der Waals surface area (Å²) in [7, 11) is 0. The average molecular weight is 251 g/mol. The molecule has 0 unspecified atom stereocenters. The number of likely N-dealkylation sites (tertiary alicyclic amines) is 1. The summed E-state index contributed by atoms with van der Waals surface area (Å²) < 4.78 is 13.2. The first-order valence-corrected chi connectivity index (χ1v) is 6.30. The van der Waals surface area contributed by atoms with Gasteiger partial charge in [0.05, 0.1) is 5.56 Å². The number of nitrogens with zero attached hydrogens (tertiary/aromatic N) is 1. The molecule has 0 atom stereocenters. The molecule has 1 saturated heterocycles. The van der Waals surface area contributed by atoms with Gasteiger partial charge in [0.25, 0.3) is 0 Å². The van der Waals surface area contributed by atoms with Crippen molar-refractivity contribution in [1.29, 1.82) is 0 Å². The number of carbonyl (C=O) groups is 1. The Bertz CT molecular complexity index is 439. The van der Waals surface area contributed by atoms with Crippen LogP contribution in [-0.2, 0) is 6.54 Å². The van der Waals surface area contributed by atoms with E-state index in [0.29, 0.717) is 12.1 Å². The third-order valence-corrected chi connectivity index (χ3v) is 3.57. The SMILES string of the molecule is CC1CCN(Cc2cc(F)ccc2C(=O)O)CC1. The van der Waals surface area contributed by atoms with Gasteiger partial charge >= 0.3 is 5.97 Å². The summed E-state index contributed by atoms with van der Waals surface area (Å²) in [6, 6.07) is 3.88. The number of hydrogen-bond donors (Lipinski definition) is 1. The molecule has 3 nitrogen and oxygen atoms in total. The predicted octanol–water partition coefficient (Wildman–Crippen LogP) is 2.76. The Morgan fingerprint density at radius 3 is 2.72 bits per heavy atom. The number of halogens is 1. The summed E-state index contributed by atoms with van der Waals surface area (Å²) in [4.78, 5) is 13.3. The van der Waals surface area contributed by atoms with Crippen LogP contribution in [0.15, 0.2) is 18.2 Å². The summed E-state index contributed by atoms with van der Waals surface area (Å²) in [5.74, 6) is -0.636. The fourth-order valence-corrected chi connectivity index (χ4v) is 2.36. The molecule has 1 N–H and O–H groups in total. The van der Waals surface area contributed by atoms with Crippen molar-refractivity contribution in [2.75, 3.05) is 13.1 Å². The van der Waals surface area contributed by atoms with Crippen LogP contribution < -0.4 is 0 Å². The first-order chi connectivity index (χ1) is 8.56. The second-order valence-corrected chi connectivity index (χ2v) is 5.07. The maximum absolute atomic E-state index is 13.2. The van der Waals surface area contributed by atoms with Gasteiger partial charge in [-0.1, -0.05) is 6.92 Å². The lowest BCUT2D eigenvalue weighted by molar-refractivity contribution is 0.0693. The number of aromatic carboxylic acids is 1. The molecule has 98 valence electrons. The van der Waals surface area contributed by atoms with E-state index in [2.05, 4.69) is 11.8 Å². The van der Waals surface area contributed by atoms with Crippen molar-refractivity contribution in [3.8, 4) is 0 Å². The van der Waals surface area contributed by atoms with E-state index < -0.39 is 5.97 Å². The molecule has 1 aromatic carbocycles. The molecule has 18 heavy (non-hydrogen) atoms. The Morgan fingerprint density at radius 2 is 2.11 bits per heavy atom. The van der Waals surface area contributed by atoms with Crippen LogP contribution in [0.25, 0.3) is 0 Å². The van der Waals surface area contributed by atoms with Gasteiger partial charge in [-0.15, -0.1) is 0 Å². The van der Waals surface area contributed by atoms with E-state index in [1.165, 1.54) is 18.2 Å². The van der Waals surface area contributed by atoms with Crippen molar-refractivity contribution in [2.45, 2.75) is 26.3 Å². The second kappa shape index (κ2) is 5.48. The molecule has 0 radical (unpaired) electrons. The van der Waals surface area contributed by atoms with Gasteiger partial charge in [0, 0.05) is 6.54 Å². The molecular formula is C14H18FNO2. The second-order valence-electron chi connectivity index (χ2n) is 5.07. The van der Waals surface area contributed by atoms with Gasteiger partial charge in [-0.25, -0.2) is 9.18 Å². The number of rotatable bonds is 3. The predicted molar refractivity (Wildman–Crippen MR) is 67.0 cm³/mol. The number of piperidine rings is 1. The van der Waals surface area contributed by atoms with Crippen molar-refractivity contribution in [3.63, 3.8) is 0 Å². The molecule has 1 aromatic rings. The topological polar surface area (TPSA) is 40.5 Å². The third kappa shape index (κ3) is 3.07. The smallest absolute Gasteiger partial charge is 0.336 e. The Morgan fingerprint density at radius 1 is 1.44 bits per heavy atom. The van der Waals surface area contributed by atoms with Crippen LogP contribution >= 0.6 is 0 Å². The fourth-order valence-electron chi connectivity index (χ4n) is 2.36. The highest BCUT2D eigenvalue weighted by Gasteiger charge is 2.18. The van der Waals surface area contributed by atoms with Crippen LogP contribution in [0.1, 0.15) is 35.7 Å². The molecule has 2 rings (SSSR count). The molecule has 0 spiro atoms. The summed E-state index contributed by atoms with van der Waals surface area (Å²) in [5.41, 5.74) is 0.770. The van der Waals surface area contributed by atoms with Crippen molar-refractivity contribution >= 4 is 5.97 Å². The van der Waals surface area contributed by atoms with Crippen molar-refractivity contribution < 1.29 is 14.3 Å². The molecule has 0 aromatic heterocycles. The van der Waals surface area contributed by atoms with E-state index >= 15 is 0 Å². The number of carboxylic acid groups (broad SMARTS) is 1. The lowest BCUT2D eigenvalue weighted by atomic mass is 9.98. The first kappa shape index (κ1) is 13.0. The molecule has 4 heteroatoms. The van der Waals surface area contributed by atoms with Crippen molar-refractivity contribution in [2.24, 2.45) is 5.92 Å². The Hall–Kier alpha value is -1.42. The molecule has 0 saturated carbocycles. The lowest BCUT2D eigenvalue weighted by Gasteiger charge is -2.30. The number of carboxylic acids is 1. The highest BCUT2D eigenvalue weighted by atomic mass is 19.1. The van der Waals surface area contributed by atoms with E-state index in [9.17, 15) is 9.18 Å². The minimum absolute atomic E-state index is 0.204. The minimum Gasteiger partial charge on any atom is -0.478 e. The summed E-state index contributed by atoms with van der Waals surface area (Å²) in [6.45, 7) is 4.65. The molecule has 0 bridgehead atoms. The van der Waals surface area contributed by atoms with E-state index in [-0.39, 0.29) is 11.4 Å². The van der Waals surface area contributed by atoms with Gasteiger partial charge in [-0.05, 0) is 55.6 Å². The van der Waals surface area contributed by atoms with Gasteiger partial charge in [0.2, 0.25) is 0 Å². The van der Waals surface area contributed by atoms with Gasteiger partial charge < -0.3 is 5.11 Å². The summed E-state index contributed by atoms with van der Waals surface area (Å²) in [5, 5.41) is 9.09. The molecule has 1 aliphatic heterocycles. The normalized spacial score (nSPS) is 17.9. The lowest BCUT2D eigenvalue weighted by Crippen LogP contribution is -2.32. The fraction of sp³-hybridized carbons (Fsp3) is 0.500. The van der Waals surface area contributed by atoms with Gasteiger partial charge in [0.15, 0.2) is 0 Å². The molecule has 1 aliphatic rings. The number of hydrogen-bond acceptors (Lipinski definition) is 2. The number of benzene rings is 1. The maximum Gasteiger partial charge on any atom is 0.336 e. The van der Waals surface area contributed by atoms with Crippen molar-refractivity contribution in [3.05, 3.63) is 35.1 Å². The van der Waals surface area contributed by atoms with E-state index in [1.807, 2.05) is 0 Å². The Labute approximate surface area is 106 Å². The molecule has 1 heterocycles. The zero-order valence-corrected chi connectivity index (χ0v) is 10.5. The van der Waals surface area contributed by atoms with Gasteiger partial charge in [0.1, 0.15) is 5.82 Å². The molecule has 0 amide bonds. The summed E-state index contributed by atoms with van der Waals surface area (Å²) in [6.07, 6.45) is 2.25. The van der Waals surface area contributed by atoms with Crippen LogP contribution in [0.4, 0.5) is 4.39 Å². The van der Waals surface area contributed by atoms with Crippen molar-refractivity contribution in [1.82, 2.24) is 4.90 Å². The average Bonchev–Trinajstić information content (AvgIpc) is 2.32. The highest BCUT2D eigenvalue weighted by molar-refractivity contribution is 5.89. The van der Waals surface area contributed by atoms with Crippen LogP contribution in [0, 0.1) is 11.7 Å². The Balaban J connectivity index is 2.12. The zero-order valence-electron chi connectivity index (χ0n) is 10.5.